The first kappa shape index (κ1) is 43.0. The molecular formula is C50H50N8O6. The quantitative estimate of drug-likeness (QED) is 0.0892. The number of imidazole rings is 2. The molecule has 2 fully saturated rings. The SMILES string of the molecule is CCOC(=O)NC(C(=O)N1CCCC1c1ncc(-c2ccc(C#Cc3ccc(-c4cnc(C5CCCN5C(=O)C(NC(=O)OCC)c5ccccc5)[nH]4)cc3)cc2)[nH]1)c1ccccc1. The average molecular weight is 859 g/mol. The third-order valence-electron chi connectivity index (χ3n) is 11.5. The Balaban J connectivity index is 0.898. The van der Waals surface area contributed by atoms with Crippen molar-refractivity contribution < 1.29 is 28.7 Å². The number of nitrogens with zero attached hydrogens (tertiary/aromatic N) is 4. The van der Waals surface area contributed by atoms with Crippen molar-refractivity contribution in [3.8, 4) is 34.4 Å². The van der Waals surface area contributed by atoms with E-state index >= 15 is 0 Å². The van der Waals surface area contributed by atoms with E-state index in [1.54, 1.807) is 36.0 Å². The van der Waals surface area contributed by atoms with Gasteiger partial charge in [-0.1, -0.05) is 96.8 Å². The summed E-state index contributed by atoms with van der Waals surface area (Å²) < 4.78 is 10.2. The zero-order valence-electron chi connectivity index (χ0n) is 35.8. The molecule has 64 heavy (non-hydrogen) atoms. The van der Waals surface area contributed by atoms with Crippen LogP contribution >= 0.6 is 0 Å². The van der Waals surface area contributed by atoms with E-state index in [2.05, 4.69) is 32.4 Å². The summed E-state index contributed by atoms with van der Waals surface area (Å²) >= 11 is 0. The highest BCUT2D eigenvalue weighted by Gasteiger charge is 2.38. The van der Waals surface area contributed by atoms with Crippen molar-refractivity contribution in [1.82, 2.24) is 40.4 Å². The third kappa shape index (κ3) is 9.84. The molecule has 4 amide bonds. The fourth-order valence-corrected chi connectivity index (χ4v) is 8.32. The van der Waals surface area contributed by atoms with Crippen LogP contribution in [0.2, 0.25) is 0 Å². The second kappa shape index (κ2) is 20.0. The Hall–Kier alpha value is -7.66. The summed E-state index contributed by atoms with van der Waals surface area (Å²) in [6, 6.07) is 31.9. The highest BCUT2D eigenvalue weighted by Crippen LogP contribution is 2.36. The van der Waals surface area contributed by atoms with Gasteiger partial charge in [-0.2, -0.15) is 0 Å². The number of rotatable bonds is 12. The van der Waals surface area contributed by atoms with Gasteiger partial charge < -0.3 is 39.9 Å². The zero-order chi connectivity index (χ0) is 44.4. The smallest absolute Gasteiger partial charge is 0.408 e. The van der Waals surface area contributed by atoms with Crippen LogP contribution in [0.5, 0.6) is 0 Å². The number of aromatic amines is 2. The van der Waals surface area contributed by atoms with Crippen LogP contribution < -0.4 is 10.6 Å². The highest BCUT2D eigenvalue weighted by molar-refractivity contribution is 5.88. The Morgan fingerprint density at radius 2 is 1.00 bits per heavy atom. The van der Waals surface area contributed by atoms with E-state index in [1.807, 2.05) is 109 Å². The number of aromatic nitrogens is 4. The Morgan fingerprint density at radius 1 is 0.609 bits per heavy atom. The van der Waals surface area contributed by atoms with Gasteiger partial charge >= 0.3 is 12.2 Å². The van der Waals surface area contributed by atoms with E-state index in [0.29, 0.717) is 35.9 Å². The first-order valence-corrected chi connectivity index (χ1v) is 21.7. The Bertz CT molecular complexity index is 2440. The predicted molar refractivity (Wildman–Crippen MR) is 240 cm³/mol. The molecule has 6 aromatic rings. The fraction of sp³-hybridized carbons (Fsp3) is 0.280. The average Bonchev–Trinajstić information content (AvgIpc) is 4.18. The fourth-order valence-electron chi connectivity index (χ4n) is 8.32. The molecule has 0 spiro atoms. The van der Waals surface area contributed by atoms with Crippen LogP contribution in [-0.2, 0) is 19.1 Å². The molecule has 326 valence electrons. The minimum Gasteiger partial charge on any atom is -0.450 e. The van der Waals surface area contributed by atoms with Crippen molar-refractivity contribution >= 4 is 24.0 Å². The first-order valence-electron chi connectivity index (χ1n) is 21.7. The van der Waals surface area contributed by atoms with Crippen molar-refractivity contribution in [1.29, 1.82) is 0 Å². The van der Waals surface area contributed by atoms with Gasteiger partial charge in [0.1, 0.15) is 23.7 Å². The lowest BCUT2D eigenvalue weighted by atomic mass is 10.0. The number of amides is 4. The molecular weight excluding hydrogens is 809 g/mol. The van der Waals surface area contributed by atoms with Gasteiger partial charge in [0.2, 0.25) is 0 Å². The molecule has 8 rings (SSSR count). The van der Waals surface area contributed by atoms with Crippen LogP contribution in [0.15, 0.2) is 122 Å². The summed E-state index contributed by atoms with van der Waals surface area (Å²) in [5.41, 5.74) is 6.58. The normalized spacial score (nSPS) is 16.6. The second-order valence-corrected chi connectivity index (χ2v) is 15.6. The van der Waals surface area contributed by atoms with Gasteiger partial charge in [-0.3, -0.25) is 9.59 Å². The molecule has 4 heterocycles. The number of ether oxygens (including phenoxy) is 2. The van der Waals surface area contributed by atoms with Crippen LogP contribution in [-0.4, -0.2) is 80.0 Å². The highest BCUT2D eigenvalue weighted by atomic mass is 16.6. The summed E-state index contributed by atoms with van der Waals surface area (Å²) in [7, 11) is 0. The van der Waals surface area contributed by atoms with Crippen molar-refractivity contribution in [2.45, 2.75) is 63.7 Å². The first-order chi connectivity index (χ1) is 31.3. The number of H-pyrrole nitrogens is 2. The van der Waals surface area contributed by atoms with Crippen LogP contribution in [0.25, 0.3) is 22.5 Å². The molecule has 0 saturated carbocycles. The largest absolute Gasteiger partial charge is 0.450 e. The number of alkyl carbamates (subject to hydrolysis) is 2. The number of carbonyl (C=O) groups excluding carboxylic acids is 4. The molecule has 14 heteroatoms. The molecule has 0 aliphatic carbocycles. The van der Waals surface area contributed by atoms with Crippen LogP contribution in [0.3, 0.4) is 0 Å². The van der Waals surface area contributed by atoms with E-state index in [4.69, 9.17) is 19.4 Å². The minimum atomic E-state index is -0.885. The van der Waals surface area contributed by atoms with E-state index in [1.165, 1.54) is 0 Å². The number of nitrogens with one attached hydrogen (secondary N) is 4. The summed E-state index contributed by atoms with van der Waals surface area (Å²) in [6.07, 6.45) is 5.39. The maximum Gasteiger partial charge on any atom is 0.408 e. The lowest BCUT2D eigenvalue weighted by Crippen LogP contribution is -2.43. The van der Waals surface area contributed by atoms with E-state index in [-0.39, 0.29) is 37.1 Å². The van der Waals surface area contributed by atoms with Gasteiger partial charge in [-0.15, -0.1) is 0 Å². The van der Waals surface area contributed by atoms with Crippen molar-refractivity contribution in [3.63, 3.8) is 0 Å². The monoisotopic (exact) mass is 858 g/mol. The molecule has 0 radical (unpaired) electrons. The molecule has 4 aromatic carbocycles. The van der Waals surface area contributed by atoms with Gasteiger partial charge in [0.05, 0.1) is 49.1 Å². The zero-order valence-corrected chi connectivity index (χ0v) is 35.8. The standard InChI is InChI=1S/C50H50N8O6/c1-3-63-49(61)55-43(37-13-7-5-8-14-37)47(59)57-29-11-17-41(57)45-51-31-39(53-45)35-25-21-33(22-26-35)19-20-34-23-27-36(28-24-34)40-32-52-46(54-40)42-18-12-30-58(42)48(60)44(56-50(62)64-4-2)38-15-9-6-10-16-38/h5-10,13-16,21-28,31-32,41-44H,3-4,11-12,17-18,29-30H2,1-2H3,(H,51,53)(H,52,54)(H,55,61)(H,56,62). The van der Waals surface area contributed by atoms with Crippen molar-refractivity contribution in [2.24, 2.45) is 0 Å². The van der Waals surface area contributed by atoms with Gasteiger partial charge in [-0.25, -0.2) is 19.6 Å². The van der Waals surface area contributed by atoms with Gasteiger partial charge in [0, 0.05) is 24.2 Å². The molecule has 14 nitrogen and oxygen atoms in total. The third-order valence-corrected chi connectivity index (χ3v) is 11.5. The van der Waals surface area contributed by atoms with E-state index in [0.717, 1.165) is 59.3 Å². The van der Waals surface area contributed by atoms with Crippen LogP contribution in [0.4, 0.5) is 9.59 Å². The second-order valence-electron chi connectivity index (χ2n) is 15.6. The van der Waals surface area contributed by atoms with Gasteiger partial charge in [0.15, 0.2) is 0 Å². The molecule has 0 bridgehead atoms. The van der Waals surface area contributed by atoms with Crippen molar-refractivity contribution in [3.05, 3.63) is 155 Å². The lowest BCUT2D eigenvalue weighted by molar-refractivity contribution is -0.135. The van der Waals surface area contributed by atoms with Crippen LogP contribution in [0, 0.1) is 11.8 Å². The summed E-state index contributed by atoms with van der Waals surface area (Å²) in [5.74, 6) is 7.47. The minimum absolute atomic E-state index is 0.201. The molecule has 4 N–H and O–H groups in total. The Morgan fingerprint density at radius 3 is 1.38 bits per heavy atom. The maximum absolute atomic E-state index is 14.0. The summed E-state index contributed by atoms with van der Waals surface area (Å²) in [5, 5.41) is 5.51. The Labute approximate surface area is 371 Å². The van der Waals surface area contributed by atoms with Crippen molar-refractivity contribution in [2.75, 3.05) is 26.3 Å². The molecule has 2 aromatic heterocycles. The maximum atomic E-state index is 14.0. The molecule has 2 aliphatic rings. The number of hydrogen-bond donors (Lipinski definition) is 4. The topological polar surface area (TPSA) is 175 Å². The number of likely N-dealkylation sites (tertiary alicyclic amines) is 2. The van der Waals surface area contributed by atoms with Crippen LogP contribution in [0.1, 0.15) is 97.6 Å². The Kier molecular flexibility index (Phi) is 13.5. The summed E-state index contributed by atoms with van der Waals surface area (Å²) in [6.45, 7) is 4.94. The lowest BCUT2D eigenvalue weighted by Gasteiger charge is -2.28. The van der Waals surface area contributed by atoms with Gasteiger partial charge in [0.25, 0.3) is 11.8 Å². The number of benzene rings is 4. The number of hydrogen-bond acceptors (Lipinski definition) is 8. The predicted octanol–water partition coefficient (Wildman–Crippen LogP) is 8.17. The molecule has 4 unspecified atom stereocenters. The van der Waals surface area contributed by atoms with Gasteiger partial charge in [-0.05, 0) is 86.1 Å². The number of carbonyl (C=O) groups is 4. The van der Waals surface area contributed by atoms with E-state index < -0.39 is 24.3 Å². The molecule has 2 saturated heterocycles. The van der Waals surface area contributed by atoms with E-state index in [9.17, 15) is 19.2 Å². The summed E-state index contributed by atoms with van der Waals surface area (Å²) in [4.78, 5) is 72.6. The molecule has 4 atom stereocenters. The molecule has 2 aliphatic heterocycles.